The van der Waals surface area contributed by atoms with Gasteiger partial charge in [0.05, 0.1) is 17.7 Å². The van der Waals surface area contributed by atoms with E-state index in [1.165, 1.54) is 0 Å². The molecule has 1 saturated carbocycles. The van der Waals surface area contributed by atoms with Gasteiger partial charge < -0.3 is 9.47 Å². The van der Waals surface area contributed by atoms with Crippen LogP contribution in [0, 0.1) is 5.92 Å². The lowest BCUT2D eigenvalue weighted by atomic mass is 9.79. The summed E-state index contributed by atoms with van der Waals surface area (Å²) in [7, 11) is 0. The molecule has 3 aliphatic rings. The maximum Gasteiger partial charge on any atom is 0.389 e. The van der Waals surface area contributed by atoms with Gasteiger partial charge in [0.1, 0.15) is 5.82 Å². The number of amides is 1. The van der Waals surface area contributed by atoms with Gasteiger partial charge in [-0.2, -0.15) is 13.2 Å². The van der Waals surface area contributed by atoms with Gasteiger partial charge in [-0.15, -0.1) is 0 Å². The van der Waals surface area contributed by atoms with Crippen LogP contribution in [-0.2, 0) is 36.1 Å². The minimum Gasteiger partial charge on any atom is -0.330 e. The minimum absolute atomic E-state index is 0.0330. The van der Waals surface area contributed by atoms with E-state index in [0.717, 1.165) is 73.4 Å². The Morgan fingerprint density at radius 3 is 2.72 bits per heavy atom. The molecule has 4 nitrogen and oxygen atoms in total. The number of hydrogen-bond donors (Lipinski definition) is 0. The summed E-state index contributed by atoms with van der Waals surface area (Å²) in [6.45, 7) is 2.82. The van der Waals surface area contributed by atoms with Crippen molar-refractivity contribution in [2.24, 2.45) is 5.92 Å². The topological polar surface area (TPSA) is 38.1 Å². The largest absolute Gasteiger partial charge is 0.389 e. The van der Waals surface area contributed by atoms with Crippen LogP contribution in [0.25, 0.3) is 0 Å². The van der Waals surface area contributed by atoms with Crippen LogP contribution < -0.4 is 4.90 Å². The van der Waals surface area contributed by atoms with Gasteiger partial charge in [-0.25, -0.2) is 4.98 Å². The van der Waals surface area contributed by atoms with Crippen LogP contribution in [-0.4, -0.2) is 21.6 Å². The number of aromatic nitrogens is 2. The van der Waals surface area contributed by atoms with Crippen molar-refractivity contribution in [2.75, 3.05) is 4.90 Å². The molecule has 32 heavy (non-hydrogen) atoms. The quantitative estimate of drug-likeness (QED) is 0.591. The number of rotatable bonds is 5. The van der Waals surface area contributed by atoms with Crippen LogP contribution in [0.4, 0.5) is 18.9 Å². The van der Waals surface area contributed by atoms with Gasteiger partial charge in [-0.05, 0) is 68.9 Å². The number of fused-ring (bicyclic) bond motifs is 3. The van der Waals surface area contributed by atoms with Crippen LogP contribution in [0.2, 0.25) is 0 Å². The fourth-order valence-electron chi connectivity index (χ4n) is 6.10. The SMILES string of the molecule is CC1CCC2(C1)C(=O)N(Cc1nc3c(n1CCCC(F)(F)F)CCCC3)c1ccccc12. The smallest absolute Gasteiger partial charge is 0.330 e. The van der Waals surface area contributed by atoms with Crippen molar-refractivity contribution in [3.05, 3.63) is 47.0 Å². The fourth-order valence-corrected chi connectivity index (χ4v) is 6.10. The summed E-state index contributed by atoms with van der Waals surface area (Å²) in [6.07, 6.45) is 1.62. The van der Waals surface area contributed by atoms with Gasteiger partial charge in [-0.1, -0.05) is 25.1 Å². The third-order valence-electron chi connectivity index (χ3n) is 7.58. The van der Waals surface area contributed by atoms with Gasteiger partial charge in [0.15, 0.2) is 0 Å². The number of aryl methyl sites for hydroxylation is 1. The zero-order valence-corrected chi connectivity index (χ0v) is 18.5. The maximum atomic E-state index is 13.8. The Morgan fingerprint density at radius 2 is 1.97 bits per heavy atom. The molecule has 0 bridgehead atoms. The Balaban J connectivity index is 1.47. The van der Waals surface area contributed by atoms with E-state index in [-0.39, 0.29) is 12.3 Å². The number of carbonyl (C=O) groups is 1. The van der Waals surface area contributed by atoms with E-state index >= 15 is 0 Å². The number of hydrogen-bond acceptors (Lipinski definition) is 2. The molecule has 0 saturated heterocycles. The first-order valence-electron chi connectivity index (χ1n) is 11.8. The van der Waals surface area contributed by atoms with Crippen LogP contribution in [0.15, 0.2) is 24.3 Å². The van der Waals surface area contributed by atoms with E-state index in [0.29, 0.717) is 19.0 Å². The van der Waals surface area contributed by atoms with Gasteiger partial charge in [0, 0.05) is 24.3 Å². The standard InChI is InChI=1S/C25H30F3N3O/c1-17-11-13-24(15-17)18-7-2-4-9-20(18)31(23(24)32)16-22-29-19-8-3-5-10-21(19)30(22)14-6-12-25(26,27)28/h2,4,7,9,17H,3,5-6,8,10-16H2,1H3. The molecule has 7 heteroatoms. The lowest BCUT2D eigenvalue weighted by Crippen LogP contribution is -2.39. The van der Waals surface area contributed by atoms with Crippen LogP contribution in [0.3, 0.4) is 0 Å². The molecule has 0 radical (unpaired) electrons. The summed E-state index contributed by atoms with van der Waals surface area (Å²) in [5.41, 5.74) is 3.66. The zero-order chi connectivity index (χ0) is 22.5. The third kappa shape index (κ3) is 3.63. The molecule has 2 unspecified atom stereocenters. The van der Waals surface area contributed by atoms with Crippen molar-refractivity contribution in [3.8, 4) is 0 Å². The number of imidazole rings is 1. The van der Waals surface area contributed by atoms with Gasteiger partial charge >= 0.3 is 6.18 Å². The molecule has 1 amide bonds. The molecule has 1 aromatic carbocycles. The van der Waals surface area contributed by atoms with Crippen molar-refractivity contribution >= 4 is 11.6 Å². The summed E-state index contributed by atoms with van der Waals surface area (Å²) < 4.78 is 40.4. The summed E-state index contributed by atoms with van der Waals surface area (Å²) >= 11 is 0. The predicted molar refractivity (Wildman–Crippen MR) is 116 cm³/mol. The maximum absolute atomic E-state index is 13.8. The Kier molecular flexibility index (Phi) is 5.33. The zero-order valence-electron chi connectivity index (χ0n) is 18.5. The Morgan fingerprint density at radius 1 is 1.19 bits per heavy atom. The summed E-state index contributed by atoms with van der Waals surface area (Å²) in [4.78, 5) is 20.5. The summed E-state index contributed by atoms with van der Waals surface area (Å²) in [6, 6.07) is 8.03. The number of carbonyl (C=O) groups excluding carboxylic acids is 1. The molecule has 1 aliphatic heterocycles. The van der Waals surface area contributed by atoms with Gasteiger partial charge in [0.25, 0.3) is 0 Å². The number of alkyl halides is 3. The number of nitrogens with zero attached hydrogens (tertiary/aromatic N) is 3. The van der Waals surface area contributed by atoms with E-state index < -0.39 is 18.0 Å². The highest BCUT2D eigenvalue weighted by Gasteiger charge is 2.53. The van der Waals surface area contributed by atoms with Crippen molar-refractivity contribution in [3.63, 3.8) is 0 Å². The molecule has 1 spiro atoms. The van der Waals surface area contributed by atoms with Crippen molar-refractivity contribution in [2.45, 2.75) is 89.4 Å². The summed E-state index contributed by atoms with van der Waals surface area (Å²) in [5.74, 6) is 1.36. The molecular weight excluding hydrogens is 415 g/mol. The van der Waals surface area contributed by atoms with Crippen LogP contribution >= 0.6 is 0 Å². The highest BCUT2D eigenvalue weighted by Crippen LogP contribution is 2.53. The lowest BCUT2D eigenvalue weighted by Gasteiger charge is -2.24. The predicted octanol–water partition coefficient (Wildman–Crippen LogP) is 5.71. The second kappa shape index (κ2) is 7.92. The highest BCUT2D eigenvalue weighted by atomic mass is 19.4. The lowest BCUT2D eigenvalue weighted by molar-refractivity contribution is -0.136. The second-order valence-corrected chi connectivity index (χ2v) is 9.84. The molecule has 1 aromatic heterocycles. The first-order valence-corrected chi connectivity index (χ1v) is 11.8. The number of para-hydroxylation sites is 1. The number of anilines is 1. The third-order valence-corrected chi connectivity index (χ3v) is 7.58. The van der Waals surface area contributed by atoms with Crippen LogP contribution in [0.5, 0.6) is 0 Å². The monoisotopic (exact) mass is 445 g/mol. The Labute approximate surface area is 186 Å². The average molecular weight is 446 g/mol. The average Bonchev–Trinajstić information content (AvgIpc) is 3.38. The van der Waals surface area contributed by atoms with Crippen LogP contribution in [0.1, 0.15) is 74.6 Å². The van der Waals surface area contributed by atoms with Gasteiger partial charge in [-0.3, -0.25) is 4.79 Å². The van der Waals surface area contributed by atoms with E-state index in [1.807, 2.05) is 27.7 Å². The molecular formula is C25H30F3N3O. The van der Waals surface area contributed by atoms with E-state index in [4.69, 9.17) is 4.98 Å². The minimum atomic E-state index is -4.16. The van der Waals surface area contributed by atoms with Crippen molar-refractivity contribution in [1.29, 1.82) is 0 Å². The summed E-state index contributed by atoms with van der Waals surface area (Å²) in [5, 5.41) is 0. The molecule has 0 N–H and O–H groups in total. The number of halogens is 3. The normalized spacial score (nSPS) is 24.9. The molecule has 172 valence electrons. The Hall–Kier alpha value is -2.31. The van der Waals surface area contributed by atoms with E-state index in [9.17, 15) is 18.0 Å². The first kappa shape index (κ1) is 21.5. The second-order valence-electron chi connectivity index (χ2n) is 9.84. The molecule has 2 heterocycles. The molecule has 2 aromatic rings. The highest BCUT2D eigenvalue weighted by molar-refractivity contribution is 6.08. The number of benzene rings is 1. The molecule has 1 fully saturated rings. The Bertz CT molecular complexity index is 1030. The molecule has 5 rings (SSSR count). The first-order chi connectivity index (χ1) is 15.3. The van der Waals surface area contributed by atoms with Gasteiger partial charge in [0.2, 0.25) is 5.91 Å². The van der Waals surface area contributed by atoms with Crippen molar-refractivity contribution in [1.82, 2.24) is 9.55 Å². The molecule has 2 aliphatic carbocycles. The van der Waals surface area contributed by atoms with Crippen molar-refractivity contribution < 1.29 is 18.0 Å². The van der Waals surface area contributed by atoms with E-state index in [1.54, 1.807) is 0 Å². The fraction of sp³-hybridized carbons (Fsp3) is 0.600. The van der Waals surface area contributed by atoms with E-state index in [2.05, 4.69) is 13.0 Å². The molecule has 2 atom stereocenters.